The lowest BCUT2D eigenvalue weighted by Crippen LogP contribution is -2.10. The number of ether oxygens (including phenoxy) is 1. The van der Waals surface area contributed by atoms with Crippen molar-refractivity contribution >= 4 is 16.9 Å². The largest absolute Gasteiger partial charge is 0.481 e. The number of pyridine rings is 1. The number of carboxylic acid groups (broad SMARTS) is 1. The van der Waals surface area contributed by atoms with Gasteiger partial charge in [-0.05, 0) is 18.2 Å². The number of hydrogen-bond donors (Lipinski definition) is 1. The minimum absolute atomic E-state index is 0.297. The maximum absolute atomic E-state index is 13.4. The van der Waals surface area contributed by atoms with E-state index >= 15 is 0 Å². The summed E-state index contributed by atoms with van der Waals surface area (Å²) in [5.41, 5.74) is 2.05. The average Bonchev–Trinajstić information content (AvgIpc) is 2.53. The summed E-state index contributed by atoms with van der Waals surface area (Å²) in [4.78, 5) is 15.2. The van der Waals surface area contributed by atoms with Gasteiger partial charge < -0.3 is 9.84 Å². The summed E-state index contributed by atoms with van der Waals surface area (Å²) in [6.07, 6.45) is 0. The van der Waals surface area contributed by atoms with Crippen molar-refractivity contribution < 1.29 is 19.0 Å². The van der Waals surface area contributed by atoms with Crippen LogP contribution in [0.2, 0.25) is 0 Å². The molecule has 110 valence electrons. The Balaban J connectivity index is 2.15. The third-order valence-electron chi connectivity index (χ3n) is 3.15. The molecule has 0 amide bonds. The smallest absolute Gasteiger partial charge is 0.341 e. The molecule has 0 fully saturated rings. The minimum Gasteiger partial charge on any atom is -0.481 e. The summed E-state index contributed by atoms with van der Waals surface area (Å²) in [6.45, 7) is -0.496. The van der Waals surface area contributed by atoms with E-state index in [-0.39, 0.29) is 0 Å². The van der Waals surface area contributed by atoms with Gasteiger partial charge in [0.2, 0.25) is 0 Å². The quantitative estimate of drug-likeness (QED) is 0.800. The summed E-state index contributed by atoms with van der Waals surface area (Å²) >= 11 is 0. The predicted molar refractivity (Wildman–Crippen MR) is 80.3 cm³/mol. The van der Waals surface area contributed by atoms with Gasteiger partial charge in [0.1, 0.15) is 11.6 Å². The van der Waals surface area contributed by atoms with Gasteiger partial charge in [0, 0.05) is 17.0 Å². The highest BCUT2D eigenvalue weighted by Crippen LogP contribution is 2.30. The van der Waals surface area contributed by atoms with Gasteiger partial charge in [0.15, 0.2) is 6.61 Å². The number of carboxylic acids is 1. The second-order valence-corrected chi connectivity index (χ2v) is 4.72. The second-order valence-electron chi connectivity index (χ2n) is 4.72. The molecule has 0 aliphatic carbocycles. The molecule has 3 aromatic rings. The van der Waals surface area contributed by atoms with Crippen molar-refractivity contribution in [1.82, 2.24) is 4.98 Å². The first-order valence-electron chi connectivity index (χ1n) is 6.64. The molecule has 0 spiro atoms. The Kier molecular flexibility index (Phi) is 3.70. The first-order valence-corrected chi connectivity index (χ1v) is 6.64. The first kappa shape index (κ1) is 14.0. The van der Waals surface area contributed by atoms with Crippen LogP contribution in [0.1, 0.15) is 0 Å². The van der Waals surface area contributed by atoms with Crippen molar-refractivity contribution in [2.45, 2.75) is 0 Å². The van der Waals surface area contributed by atoms with E-state index in [1.54, 1.807) is 12.1 Å². The fraction of sp³-hybridized carbons (Fsp3) is 0.0588. The number of aliphatic carboxylic acids is 1. The molecule has 22 heavy (non-hydrogen) atoms. The SMILES string of the molecule is O=C(O)COc1cc(-c2ccccc2)nc2ccc(F)cc12. The van der Waals surface area contributed by atoms with Gasteiger partial charge in [-0.2, -0.15) is 0 Å². The molecule has 1 heterocycles. The van der Waals surface area contributed by atoms with Gasteiger partial charge in [-0.25, -0.2) is 14.2 Å². The Bertz CT molecular complexity index is 834. The Morgan fingerprint density at radius 1 is 1.14 bits per heavy atom. The van der Waals surface area contributed by atoms with Gasteiger partial charge >= 0.3 is 5.97 Å². The lowest BCUT2D eigenvalue weighted by atomic mass is 10.1. The Morgan fingerprint density at radius 2 is 1.91 bits per heavy atom. The summed E-state index contributed by atoms with van der Waals surface area (Å²) in [5, 5.41) is 9.22. The zero-order valence-corrected chi connectivity index (χ0v) is 11.5. The molecule has 0 saturated heterocycles. The molecule has 3 rings (SSSR count). The zero-order valence-electron chi connectivity index (χ0n) is 11.5. The molecule has 2 aromatic carbocycles. The summed E-state index contributed by atoms with van der Waals surface area (Å²) < 4.78 is 18.7. The number of carbonyl (C=O) groups is 1. The van der Waals surface area contributed by atoms with Gasteiger partial charge in [0.25, 0.3) is 0 Å². The average molecular weight is 297 g/mol. The van der Waals surface area contributed by atoms with Crippen molar-refractivity contribution in [2.75, 3.05) is 6.61 Å². The van der Waals surface area contributed by atoms with Crippen LogP contribution in [0.25, 0.3) is 22.2 Å². The summed E-state index contributed by atoms with van der Waals surface area (Å²) in [6, 6.07) is 15.2. The van der Waals surface area contributed by atoms with E-state index in [1.807, 2.05) is 30.3 Å². The second kappa shape index (κ2) is 5.81. The van der Waals surface area contributed by atoms with Gasteiger partial charge in [-0.1, -0.05) is 30.3 Å². The molecule has 1 N–H and O–H groups in total. The molecule has 0 saturated carbocycles. The van der Waals surface area contributed by atoms with Crippen LogP contribution in [0.3, 0.4) is 0 Å². The molecule has 0 bridgehead atoms. The van der Waals surface area contributed by atoms with E-state index in [0.29, 0.717) is 22.3 Å². The predicted octanol–water partition coefficient (Wildman–Crippen LogP) is 3.50. The Hall–Kier alpha value is -2.95. The van der Waals surface area contributed by atoms with Crippen LogP contribution >= 0.6 is 0 Å². The van der Waals surface area contributed by atoms with Crippen molar-refractivity contribution in [3.63, 3.8) is 0 Å². The number of hydrogen-bond acceptors (Lipinski definition) is 3. The number of rotatable bonds is 4. The number of fused-ring (bicyclic) bond motifs is 1. The number of halogens is 1. The lowest BCUT2D eigenvalue weighted by Gasteiger charge is -2.10. The van der Waals surface area contributed by atoms with Gasteiger partial charge in [-0.15, -0.1) is 0 Å². The molecular weight excluding hydrogens is 285 g/mol. The molecule has 5 heteroatoms. The standard InChI is InChI=1S/C17H12FNO3/c18-12-6-7-14-13(8-12)16(22-10-17(20)21)9-15(19-14)11-4-2-1-3-5-11/h1-9H,10H2,(H,20,21). The van der Waals surface area contributed by atoms with Crippen LogP contribution in [0.15, 0.2) is 54.6 Å². The van der Waals surface area contributed by atoms with E-state index in [9.17, 15) is 9.18 Å². The van der Waals surface area contributed by atoms with Crippen molar-refractivity contribution in [3.05, 3.63) is 60.4 Å². The monoisotopic (exact) mass is 297 g/mol. The number of aromatic nitrogens is 1. The van der Waals surface area contributed by atoms with Crippen LogP contribution in [-0.2, 0) is 4.79 Å². The third kappa shape index (κ3) is 2.88. The molecule has 0 aliphatic rings. The van der Waals surface area contributed by atoms with E-state index in [1.165, 1.54) is 12.1 Å². The zero-order chi connectivity index (χ0) is 15.5. The molecule has 1 aromatic heterocycles. The highest BCUT2D eigenvalue weighted by molar-refractivity contribution is 5.88. The van der Waals surface area contributed by atoms with Crippen LogP contribution in [0, 0.1) is 5.82 Å². The molecule has 4 nitrogen and oxygen atoms in total. The van der Waals surface area contributed by atoms with Crippen molar-refractivity contribution in [3.8, 4) is 17.0 Å². The van der Waals surface area contributed by atoms with E-state index < -0.39 is 18.4 Å². The summed E-state index contributed by atoms with van der Waals surface area (Å²) in [7, 11) is 0. The first-order chi connectivity index (χ1) is 10.6. The number of nitrogens with zero attached hydrogens (tertiary/aromatic N) is 1. The normalized spacial score (nSPS) is 10.6. The van der Waals surface area contributed by atoms with Crippen LogP contribution in [0.4, 0.5) is 4.39 Å². The molecule has 0 radical (unpaired) electrons. The highest BCUT2D eigenvalue weighted by atomic mass is 19.1. The maximum Gasteiger partial charge on any atom is 0.341 e. The van der Waals surface area contributed by atoms with Crippen molar-refractivity contribution in [2.24, 2.45) is 0 Å². The Morgan fingerprint density at radius 3 is 2.64 bits per heavy atom. The van der Waals surface area contributed by atoms with E-state index in [0.717, 1.165) is 5.56 Å². The molecule has 0 atom stereocenters. The van der Waals surface area contributed by atoms with Crippen LogP contribution in [0.5, 0.6) is 5.75 Å². The van der Waals surface area contributed by atoms with E-state index in [2.05, 4.69) is 4.98 Å². The summed E-state index contributed by atoms with van der Waals surface area (Å²) in [5.74, 6) is -1.23. The number of benzene rings is 2. The van der Waals surface area contributed by atoms with Crippen molar-refractivity contribution in [1.29, 1.82) is 0 Å². The van der Waals surface area contributed by atoms with Crippen LogP contribution in [-0.4, -0.2) is 22.7 Å². The fourth-order valence-corrected chi connectivity index (χ4v) is 2.18. The highest BCUT2D eigenvalue weighted by Gasteiger charge is 2.11. The van der Waals surface area contributed by atoms with Gasteiger partial charge in [0.05, 0.1) is 11.2 Å². The maximum atomic E-state index is 13.4. The third-order valence-corrected chi connectivity index (χ3v) is 3.15. The molecule has 0 aliphatic heterocycles. The molecular formula is C17H12FNO3. The minimum atomic E-state index is -1.09. The van der Waals surface area contributed by atoms with E-state index in [4.69, 9.17) is 9.84 Å². The molecule has 0 unspecified atom stereocenters. The van der Waals surface area contributed by atoms with Crippen LogP contribution < -0.4 is 4.74 Å². The Labute approximate surface area is 125 Å². The lowest BCUT2D eigenvalue weighted by molar-refractivity contribution is -0.139. The van der Waals surface area contributed by atoms with Gasteiger partial charge in [-0.3, -0.25) is 0 Å². The topological polar surface area (TPSA) is 59.4 Å². The fourth-order valence-electron chi connectivity index (χ4n) is 2.18.